The Morgan fingerprint density at radius 1 is 1.21 bits per heavy atom. The quantitative estimate of drug-likeness (QED) is 0.663. The highest BCUT2D eigenvalue weighted by Crippen LogP contribution is 2.33. The van der Waals surface area contributed by atoms with Gasteiger partial charge in [-0.05, 0) is 49.2 Å². The van der Waals surface area contributed by atoms with Gasteiger partial charge in [-0.25, -0.2) is 12.8 Å². The van der Waals surface area contributed by atoms with E-state index in [-0.39, 0.29) is 53.1 Å². The largest absolute Gasteiger partial charge is 0.490 e. The van der Waals surface area contributed by atoms with E-state index >= 15 is 0 Å². The predicted octanol–water partition coefficient (Wildman–Crippen LogP) is 2.14. The highest BCUT2D eigenvalue weighted by Gasteiger charge is 2.39. The second-order valence-corrected chi connectivity index (χ2v) is 10.0. The number of fused-ring (bicyclic) bond motifs is 2. The van der Waals surface area contributed by atoms with Gasteiger partial charge < -0.3 is 19.7 Å². The van der Waals surface area contributed by atoms with Crippen LogP contribution < -0.4 is 14.8 Å². The Hall–Kier alpha value is -3.18. The number of sulfonamides is 1. The number of rotatable bonds is 5. The van der Waals surface area contributed by atoms with Crippen LogP contribution in [0.25, 0.3) is 0 Å². The molecule has 3 atom stereocenters. The van der Waals surface area contributed by atoms with Crippen LogP contribution in [0.2, 0.25) is 0 Å². The molecule has 9 nitrogen and oxygen atoms in total. The number of carbonyl (C=O) groups excluding carboxylic acids is 2. The molecule has 0 aliphatic carbocycles. The van der Waals surface area contributed by atoms with Gasteiger partial charge in [0.1, 0.15) is 24.3 Å². The number of likely N-dealkylation sites (N-methyl/N-ethyl adjacent to an activating group) is 1. The normalized spacial score (nSPS) is 22.5. The first-order chi connectivity index (χ1) is 16.2. The molecule has 2 amide bonds. The van der Waals surface area contributed by atoms with E-state index in [0.29, 0.717) is 18.6 Å². The minimum Gasteiger partial charge on any atom is -0.490 e. The van der Waals surface area contributed by atoms with E-state index in [4.69, 9.17) is 9.47 Å². The van der Waals surface area contributed by atoms with Crippen LogP contribution in [0.1, 0.15) is 29.6 Å². The zero-order valence-corrected chi connectivity index (χ0v) is 19.6. The first kappa shape index (κ1) is 24.0. The van der Waals surface area contributed by atoms with Crippen molar-refractivity contribution in [3.63, 3.8) is 0 Å². The van der Waals surface area contributed by atoms with Crippen LogP contribution in [0, 0.1) is 5.82 Å². The molecule has 4 rings (SSSR count). The lowest BCUT2D eigenvalue weighted by Gasteiger charge is -2.42. The molecular formula is C23H26FN3O6S. The number of anilines is 1. The fourth-order valence-electron chi connectivity index (χ4n) is 4.25. The van der Waals surface area contributed by atoms with Crippen LogP contribution >= 0.6 is 0 Å². The zero-order valence-electron chi connectivity index (χ0n) is 18.8. The number of nitrogens with one attached hydrogen (secondary N) is 2. The Morgan fingerprint density at radius 3 is 2.74 bits per heavy atom. The first-order valence-corrected chi connectivity index (χ1v) is 12.3. The van der Waals surface area contributed by atoms with Crippen LogP contribution in [0.5, 0.6) is 5.75 Å². The summed E-state index contributed by atoms with van der Waals surface area (Å²) in [5.41, 5.74) is 0.351. The standard InChI is InChI=1S/C23H26FN3O6S/c1-25-22(28)12-16-7-8-19-21(33-16)13-32-20-9-6-15(11-18(20)23(29)27(19)2)26-34(30,31)17-5-3-4-14(24)10-17/h3-6,9-11,16,19,21,26H,7-8,12-13H2,1-2H3,(H,25,28)/t16-,19+,21-/m1/s1. The maximum absolute atomic E-state index is 13.5. The molecule has 2 aromatic rings. The number of hydrogen-bond acceptors (Lipinski definition) is 6. The van der Waals surface area contributed by atoms with Gasteiger partial charge in [0.25, 0.3) is 15.9 Å². The topological polar surface area (TPSA) is 114 Å². The summed E-state index contributed by atoms with van der Waals surface area (Å²) >= 11 is 0. The van der Waals surface area contributed by atoms with Gasteiger partial charge in [0.05, 0.1) is 29.0 Å². The summed E-state index contributed by atoms with van der Waals surface area (Å²) < 4.78 is 53.2. The molecule has 2 aliphatic rings. The molecular weight excluding hydrogens is 465 g/mol. The van der Waals surface area contributed by atoms with Crippen molar-refractivity contribution in [1.82, 2.24) is 10.2 Å². The SMILES string of the molecule is CNC(=O)C[C@H]1CC[C@H]2[C@@H](COc3ccc(NS(=O)(=O)c4cccc(F)c4)cc3C(=O)N2C)O1. The van der Waals surface area contributed by atoms with E-state index in [1.54, 1.807) is 19.0 Å². The lowest BCUT2D eigenvalue weighted by Crippen LogP contribution is -2.53. The molecule has 1 fully saturated rings. The lowest BCUT2D eigenvalue weighted by atomic mass is 9.94. The maximum Gasteiger partial charge on any atom is 0.261 e. The van der Waals surface area contributed by atoms with E-state index in [0.717, 1.165) is 12.1 Å². The number of amides is 2. The van der Waals surface area contributed by atoms with Gasteiger partial charge in [-0.3, -0.25) is 14.3 Å². The third kappa shape index (κ3) is 5.00. The van der Waals surface area contributed by atoms with Crippen molar-refractivity contribution in [2.75, 3.05) is 25.4 Å². The van der Waals surface area contributed by atoms with Crippen molar-refractivity contribution in [2.45, 2.75) is 42.4 Å². The monoisotopic (exact) mass is 491 g/mol. The summed E-state index contributed by atoms with van der Waals surface area (Å²) in [5, 5.41) is 2.59. The smallest absolute Gasteiger partial charge is 0.261 e. The molecule has 0 saturated carbocycles. The second kappa shape index (κ2) is 9.59. The highest BCUT2D eigenvalue weighted by atomic mass is 32.2. The van der Waals surface area contributed by atoms with Crippen molar-refractivity contribution in [1.29, 1.82) is 0 Å². The van der Waals surface area contributed by atoms with Crippen LogP contribution in [0.15, 0.2) is 47.4 Å². The highest BCUT2D eigenvalue weighted by molar-refractivity contribution is 7.92. The summed E-state index contributed by atoms with van der Waals surface area (Å²) in [6.07, 6.45) is 0.831. The Kier molecular flexibility index (Phi) is 6.76. The predicted molar refractivity (Wildman–Crippen MR) is 122 cm³/mol. The van der Waals surface area contributed by atoms with Gasteiger partial charge in [0, 0.05) is 19.8 Å². The van der Waals surface area contributed by atoms with Gasteiger partial charge >= 0.3 is 0 Å². The Balaban J connectivity index is 1.55. The van der Waals surface area contributed by atoms with Gasteiger partial charge in [-0.1, -0.05) is 6.07 Å². The molecule has 34 heavy (non-hydrogen) atoms. The minimum absolute atomic E-state index is 0.113. The number of nitrogens with zero attached hydrogens (tertiary/aromatic N) is 1. The van der Waals surface area contributed by atoms with Crippen molar-refractivity contribution >= 4 is 27.5 Å². The van der Waals surface area contributed by atoms with Crippen LogP contribution in [0.4, 0.5) is 10.1 Å². The molecule has 182 valence electrons. The van der Waals surface area contributed by atoms with E-state index in [1.807, 2.05) is 0 Å². The average molecular weight is 492 g/mol. The molecule has 1 saturated heterocycles. The molecule has 2 heterocycles. The molecule has 0 spiro atoms. The summed E-state index contributed by atoms with van der Waals surface area (Å²) in [7, 11) is -0.816. The summed E-state index contributed by atoms with van der Waals surface area (Å²) in [4.78, 5) is 26.4. The van der Waals surface area contributed by atoms with Crippen molar-refractivity contribution in [3.05, 3.63) is 53.8 Å². The molecule has 0 bridgehead atoms. The Labute approximate surface area is 197 Å². The number of halogens is 1. The van der Waals surface area contributed by atoms with Gasteiger partial charge in [-0.2, -0.15) is 0 Å². The van der Waals surface area contributed by atoms with E-state index < -0.39 is 21.9 Å². The van der Waals surface area contributed by atoms with E-state index in [1.165, 1.54) is 30.3 Å². The second-order valence-electron chi connectivity index (χ2n) is 8.32. The molecule has 0 unspecified atom stereocenters. The fraction of sp³-hybridized carbons (Fsp3) is 0.391. The van der Waals surface area contributed by atoms with Gasteiger partial charge in [0.2, 0.25) is 5.91 Å². The third-order valence-electron chi connectivity index (χ3n) is 6.06. The Bertz CT molecular complexity index is 1200. The first-order valence-electron chi connectivity index (χ1n) is 10.9. The van der Waals surface area contributed by atoms with E-state index in [2.05, 4.69) is 10.0 Å². The lowest BCUT2D eigenvalue weighted by molar-refractivity contribution is -0.133. The number of ether oxygens (including phenoxy) is 2. The molecule has 0 radical (unpaired) electrons. The van der Waals surface area contributed by atoms with Gasteiger partial charge in [0.15, 0.2) is 0 Å². The molecule has 0 aromatic heterocycles. The summed E-state index contributed by atoms with van der Waals surface area (Å²) in [6.45, 7) is 0.175. The van der Waals surface area contributed by atoms with Crippen LogP contribution in [-0.2, 0) is 19.6 Å². The van der Waals surface area contributed by atoms with Crippen molar-refractivity contribution < 1.29 is 31.9 Å². The molecule has 2 aromatic carbocycles. The Morgan fingerprint density at radius 2 is 2.00 bits per heavy atom. The fourth-order valence-corrected chi connectivity index (χ4v) is 5.33. The third-order valence-corrected chi connectivity index (χ3v) is 7.44. The summed E-state index contributed by atoms with van der Waals surface area (Å²) in [6, 6.07) is 8.78. The zero-order chi connectivity index (χ0) is 24.5. The average Bonchev–Trinajstić information content (AvgIpc) is 2.81. The minimum atomic E-state index is -4.06. The molecule has 11 heteroatoms. The number of benzene rings is 2. The summed E-state index contributed by atoms with van der Waals surface area (Å²) in [5.74, 6) is -0.836. The van der Waals surface area contributed by atoms with Gasteiger partial charge in [-0.15, -0.1) is 0 Å². The number of carbonyl (C=O) groups is 2. The van der Waals surface area contributed by atoms with Crippen LogP contribution in [-0.4, -0.2) is 64.1 Å². The van der Waals surface area contributed by atoms with Crippen molar-refractivity contribution in [3.8, 4) is 5.75 Å². The van der Waals surface area contributed by atoms with Crippen molar-refractivity contribution in [2.24, 2.45) is 0 Å². The molecule has 2 aliphatic heterocycles. The maximum atomic E-state index is 13.5. The van der Waals surface area contributed by atoms with E-state index in [9.17, 15) is 22.4 Å². The number of hydrogen-bond donors (Lipinski definition) is 2. The molecule has 2 N–H and O–H groups in total. The van der Waals surface area contributed by atoms with Crippen LogP contribution in [0.3, 0.4) is 0 Å².